The first kappa shape index (κ1) is 12.9. The number of rotatable bonds is 4. The second-order valence-corrected chi connectivity index (χ2v) is 3.71. The summed E-state index contributed by atoms with van der Waals surface area (Å²) in [6.45, 7) is 0.111. The zero-order chi connectivity index (χ0) is 14.0. The molecule has 0 radical (unpaired) electrons. The number of halogens is 2. The highest BCUT2D eigenvalue weighted by molar-refractivity contribution is 5.88. The molecule has 0 aliphatic heterocycles. The van der Waals surface area contributed by atoms with E-state index in [2.05, 4.69) is 14.7 Å². The maximum Gasteiger partial charge on any atom is 0.441 e. The normalized spacial score (nSPS) is 10.6. The van der Waals surface area contributed by atoms with Crippen LogP contribution in [0.2, 0.25) is 0 Å². The Morgan fingerprint density at radius 2 is 2.16 bits per heavy atom. The largest absolute Gasteiger partial charge is 0.441 e. The van der Waals surface area contributed by atoms with Gasteiger partial charge in [-0.15, -0.1) is 0 Å². The smallest absolute Gasteiger partial charge is 0.405 e. The van der Waals surface area contributed by atoms with Gasteiger partial charge >= 0.3 is 5.76 Å². The number of primary amides is 1. The third kappa shape index (κ3) is 2.67. The molecule has 0 aliphatic rings. The van der Waals surface area contributed by atoms with Crippen molar-refractivity contribution in [2.45, 2.75) is 6.42 Å². The van der Waals surface area contributed by atoms with Crippen LogP contribution >= 0.6 is 0 Å². The minimum Gasteiger partial charge on any atom is -0.405 e. The van der Waals surface area contributed by atoms with Gasteiger partial charge in [-0.25, -0.2) is 9.18 Å². The average molecular weight is 269 g/mol. The number of aromatic nitrogens is 1. The Morgan fingerprint density at radius 1 is 1.42 bits per heavy atom. The molecule has 3 N–H and O–H groups in total. The van der Waals surface area contributed by atoms with Crippen LogP contribution in [0, 0.1) is 11.6 Å². The predicted molar refractivity (Wildman–Crippen MR) is 62.5 cm³/mol. The summed E-state index contributed by atoms with van der Waals surface area (Å²) in [5, 5.41) is 2.75. The van der Waals surface area contributed by atoms with E-state index in [-0.39, 0.29) is 24.2 Å². The first-order chi connectivity index (χ1) is 8.99. The summed E-state index contributed by atoms with van der Waals surface area (Å²) in [6.07, 6.45) is 0.00702. The van der Waals surface area contributed by atoms with Gasteiger partial charge < -0.3 is 15.5 Å². The zero-order valence-corrected chi connectivity index (χ0v) is 9.57. The van der Waals surface area contributed by atoms with Crippen molar-refractivity contribution in [3.05, 3.63) is 34.3 Å². The van der Waals surface area contributed by atoms with Crippen LogP contribution in [-0.4, -0.2) is 17.4 Å². The number of hydrogen-bond donors (Lipinski definition) is 2. The van der Waals surface area contributed by atoms with Gasteiger partial charge in [0, 0.05) is 13.0 Å². The maximum absolute atomic E-state index is 13.5. The highest BCUT2D eigenvalue weighted by Gasteiger charge is 2.14. The second kappa shape index (κ2) is 5.01. The third-order valence-corrected chi connectivity index (χ3v) is 2.36. The van der Waals surface area contributed by atoms with Crippen LogP contribution in [0.15, 0.2) is 21.3 Å². The number of benzene rings is 1. The van der Waals surface area contributed by atoms with Gasteiger partial charge in [0.2, 0.25) is 11.7 Å². The van der Waals surface area contributed by atoms with Crippen molar-refractivity contribution in [1.29, 1.82) is 0 Å². The predicted octanol–water partition coefficient (Wildman–Crippen LogP) is 0.753. The van der Waals surface area contributed by atoms with E-state index in [0.717, 1.165) is 6.07 Å². The number of fused-ring (bicyclic) bond motifs is 1. The fourth-order valence-electron chi connectivity index (χ4n) is 1.52. The first-order valence-electron chi connectivity index (χ1n) is 5.30. The van der Waals surface area contributed by atoms with Gasteiger partial charge in [0.15, 0.2) is 11.4 Å². The lowest BCUT2D eigenvalue weighted by Crippen LogP contribution is -2.18. The number of nitrogens with two attached hydrogens (primary N) is 1. The molecular weight excluding hydrogens is 260 g/mol. The van der Waals surface area contributed by atoms with Gasteiger partial charge in [-0.3, -0.25) is 4.79 Å². The number of nitrogens with zero attached hydrogens (tertiary/aromatic N) is 1. The molecule has 2 rings (SSSR count). The van der Waals surface area contributed by atoms with Gasteiger partial charge in [0.05, 0.1) is 5.39 Å². The lowest BCUT2D eigenvalue weighted by Gasteiger charge is -2.06. The fourth-order valence-corrected chi connectivity index (χ4v) is 1.52. The number of anilines is 1. The van der Waals surface area contributed by atoms with Crippen LogP contribution in [0.4, 0.5) is 14.6 Å². The van der Waals surface area contributed by atoms with Crippen LogP contribution in [0.3, 0.4) is 0 Å². The molecule has 0 fully saturated rings. The monoisotopic (exact) mass is 269 g/mol. The molecule has 1 aromatic carbocycles. The Kier molecular flexibility index (Phi) is 3.41. The Balaban J connectivity index is 2.46. The maximum atomic E-state index is 13.5. The standard InChI is InChI=1S/C11H9F2N3O3/c12-6-2-1-5-9(8(6)13)19-11(18)16-10(5)15-4-3-7(14)17/h1-2H,3-4H2,(H2,14,17)(H,15,16,18). The van der Waals surface area contributed by atoms with Crippen LogP contribution in [0.25, 0.3) is 11.0 Å². The van der Waals surface area contributed by atoms with E-state index in [4.69, 9.17) is 5.73 Å². The molecule has 0 saturated carbocycles. The molecule has 6 nitrogen and oxygen atoms in total. The second-order valence-electron chi connectivity index (χ2n) is 3.71. The van der Waals surface area contributed by atoms with Gasteiger partial charge in [-0.1, -0.05) is 0 Å². The molecule has 0 bridgehead atoms. The molecule has 19 heavy (non-hydrogen) atoms. The van der Waals surface area contributed by atoms with Crippen molar-refractivity contribution in [2.75, 3.05) is 11.9 Å². The van der Waals surface area contributed by atoms with Gasteiger partial charge in [0.25, 0.3) is 0 Å². The highest BCUT2D eigenvalue weighted by Crippen LogP contribution is 2.23. The quantitative estimate of drug-likeness (QED) is 0.853. The Bertz CT molecular complexity index is 699. The van der Waals surface area contributed by atoms with Crippen LogP contribution in [0.1, 0.15) is 6.42 Å². The number of hydrogen-bond acceptors (Lipinski definition) is 5. The molecule has 8 heteroatoms. The van der Waals surface area contributed by atoms with Crippen molar-refractivity contribution in [1.82, 2.24) is 4.98 Å². The molecule has 0 atom stereocenters. The fraction of sp³-hybridized carbons (Fsp3) is 0.182. The summed E-state index contributed by atoms with van der Waals surface area (Å²) in [5.41, 5.74) is 4.43. The molecule has 1 amide bonds. The molecular formula is C11H9F2N3O3. The van der Waals surface area contributed by atoms with Crippen LogP contribution in [0.5, 0.6) is 0 Å². The molecule has 0 saturated heterocycles. The van der Waals surface area contributed by atoms with Crippen molar-refractivity contribution in [3.8, 4) is 0 Å². The van der Waals surface area contributed by atoms with E-state index < -0.39 is 28.9 Å². The van der Waals surface area contributed by atoms with Crippen molar-refractivity contribution in [2.24, 2.45) is 5.73 Å². The van der Waals surface area contributed by atoms with Crippen LogP contribution < -0.4 is 16.8 Å². The van der Waals surface area contributed by atoms with E-state index in [0.29, 0.717) is 0 Å². The van der Waals surface area contributed by atoms with Crippen molar-refractivity contribution >= 4 is 22.7 Å². The SMILES string of the molecule is NC(=O)CCNc1nc(=O)oc2c(F)c(F)ccc12. The average Bonchev–Trinajstić information content (AvgIpc) is 2.34. The summed E-state index contributed by atoms with van der Waals surface area (Å²) < 4.78 is 31.0. The zero-order valence-electron chi connectivity index (χ0n) is 9.57. The van der Waals surface area contributed by atoms with Gasteiger partial charge in [0.1, 0.15) is 5.82 Å². The highest BCUT2D eigenvalue weighted by atomic mass is 19.2. The molecule has 1 heterocycles. The van der Waals surface area contributed by atoms with Gasteiger partial charge in [-0.2, -0.15) is 9.37 Å². The van der Waals surface area contributed by atoms with Crippen molar-refractivity contribution in [3.63, 3.8) is 0 Å². The summed E-state index contributed by atoms with van der Waals surface area (Å²) in [7, 11) is 0. The molecule has 0 unspecified atom stereocenters. The number of carbonyl (C=O) groups is 1. The molecule has 0 spiro atoms. The van der Waals surface area contributed by atoms with E-state index in [9.17, 15) is 18.4 Å². The summed E-state index contributed by atoms with van der Waals surface area (Å²) >= 11 is 0. The lowest BCUT2D eigenvalue weighted by molar-refractivity contribution is -0.117. The molecule has 0 aliphatic carbocycles. The third-order valence-electron chi connectivity index (χ3n) is 2.36. The van der Waals surface area contributed by atoms with Crippen LogP contribution in [-0.2, 0) is 4.79 Å². The number of nitrogens with one attached hydrogen (secondary N) is 1. The molecule has 100 valence electrons. The van der Waals surface area contributed by atoms with E-state index in [1.165, 1.54) is 6.07 Å². The number of amides is 1. The molecule has 2 aromatic rings. The topological polar surface area (TPSA) is 98.2 Å². The minimum absolute atomic E-state index is 0.00593. The number of carbonyl (C=O) groups excluding carboxylic acids is 1. The van der Waals surface area contributed by atoms with E-state index in [1.54, 1.807) is 0 Å². The Morgan fingerprint density at radius 3 is 2.84 bits per heavy atom. The minimum atomic E-state index is -1.27. The van der Waals surface area contributed by atoms with E-state index >= 15 is 0 Å². The molecule has 1 aromatic heterocycles. The Labute approximate surface area is 105 Å². The van der Waals surface area contributed by atoms with Crippen molar-refractivity contribution < 1.29 is 18.0 Å². The van der Waals surface area contributed by atoms with Gasteiger partial charge in [-0.05, 0) is 12.1 Å². The van der Waals surface area contributed by atoms with E-state index in [1.807, 2.05) is 0 Å². The summed E-state index contributed by atoms with van der Waals surface area (Å²) in [4.78, 5) is 25.3. The Hall–Kier alpha value is -2.51. The summed E-state index contributed by atoms with van der Waals surface area (Å²) in [6, 6.07) is 2.11. The summed E-state index contributed by atoms with van der Waals surface area (Å²) in [5.74, 6) is -4.01. The lowest BCUT2D eigenvalue weighted by atomic mass is 10.2. The first-order valence-corrected chi connectivity index (χ1v) is 5.30.